The summed E-state index contributed by atoms with van der Waals surface area (Å²) in [5.74, 6) is -0.679. The summed E-state index contributed by atoms with van der Waals surface area (Å²) < 4.78 is 0. The van der Waals surface area contributed by atoms with Crippen LogP contribution in [0.2, 0.25) is 0 Å². The summed E-state index contributed by atoms with van der Waals surface area (Å²) >= 11 is 0. The molecule has 2 aliphatic carbocycles. The van der Waals surface area contributed by atoms with Crippen molar-refractivity contribution >= 4 is 28.8 Å². The molecule has 0 aliphatic heterocycles. The van der Waals surface area contributed by atoms with Crippen molar-refractivity contribution in [2.45, 2.75) is 0 Å². The third-order valence-electron chi connectivity index (χ3n) is 3.52. The van der Waals surface area contributed by atoms with Crippen LogP contribution in [0, 0.1) is 20.2 Å². The molecule has 0 fully saturated rings. The molecule has 0 aromatic heterocycles. The molecule has 0 radical (unpaired) electrons. The topological polar surface area (TPSA) is 155 Å². The number of ketones is 1. The maximum Gasteiger partial charge on any atom is 0.296 e. The minimum atomic E-state index is -0.763. The fourth-order valence-electron chi connectivity index (χ4n) is 2.48. The highest BCUT2D eigenvalue weighted by molar-refractivity contribution is 6.26. The van der Waals surface area contributed by atoms with E-state index in [2.05, 4.69) is 0 Å². The molecule has 110 valence electrons. The van der Waals surface area contributed by atoms with Gasteiger partial charge in [-0.1, -0.05) is 0 Å². The van der Waals surface area contributed by atoms with Gasteiger partial charge < -0.3 is 11.5 Å². The van der Waals surface area contributed by atoms with Gasteiger partial charge in [0.25, 0.3) is 11.4 Å². The Labute approximate surface area is 122 Å². The largest absolute Gasteiger partial charge is 0.393 e. The van der Waals surface area contributed by atoms with E-state index < -0.39 is 27.0 Å². The Morgan fingerprint density at radius 1 is 0.955 bits per heavy atom. The van der Waals surface area contributed by atoms with E-state index >= 15 is 0 Å². The van der Waals surface area contributed by atoms with Crippen molar-refractivity contribution in [3.05, 3.63) is 66.5 Å². The van der Waals surface area contributed by atoms with Crippen molar-refractivity contribution in [2.24, 2.45) is 5.73 Å². The van der Waals surface area contributed by atoms with E-state index in [1.165, 1.54) is 18.2 Å². The van der Waals surface area contributed by atoms with Gasteiger partial charge in [-0.2, -0.15) is 0 Å². The van der Waals surface area contributed by atoms with Crippen molar-refractivity contribution in [1.82, 2.24) is 0 Å². The first-order valence-electron chi connectivity index (χ1n) is 6.02. The first-order valence-corrected chi connectivity index (χ1v) is 6.02. The second-order valence-corrected chi connectivity index (χ2v) is 4.76. The van der Waals surface area contributed by atoms with Gasteiger partial charge in [0.2, 0.25) is 5.78 Å². The molecule has 0 unspecified atom stereocenters. The van der Waals surface area contributed by atoms with Gasteiger partial charge in [0, 0.05) is 23.3 Å². The summed E-state index contributed by atoms with van der Waals surface area (Å²) in [6.45, 7) is 0. The van der Waals surface area contributed by atoms with Crippen LogP contribution in [0.5, 0.6) is 0 Å². The average Bonchev–Trinajstić information content (AvgIpc) is 2.78. The molecule has 0 amide bonds. The van der Waals surface area contributed by atoms with Crippen LogP contribution in [0.15, 0.2) is 35.2 Å². The Kier molecular flexibility index (Phi) is 2.61. The van der Waals surface area contributed by atoms with Crippen LogP contribution in [-0.2, 0) is 4.79 Å². The van der Waals surface area contributed by atoms with Gasteiger partial charge in [-0.3, -0.25) is 25.0 Å². The fourth-order valence-corrected chi connectivity index (χ4v) is 2.48. The Balaban J connectivity index is 2.26. The number of fused-ring (bicyclic) bond motifs is 3. The monoisotopic (exact) mass is 300 g/mol. The Hall–Kier alpha value is -3.49. The van der Waals surface area contributed by atoms with Gasteiger partial charge in [0.15, 0.2) is 5.70 Å². The molecule has 9 heteroatoms. The molecule has 4 N–H and O–H groups in total. The van der Waals surface area contributed by atoms with Crippen LogP contribution in [0.4, 0.5) is 11.4 Å². The van der Waals surface area contributed by atoms with E-state index in [0.717, 1.165) is 6.08 Å². The summed E-state index contributed by atoms with van der Waals surface area (Å²) in [6.07, 6.45) is 2.61. The molecule has 0 saturated carbocycles. The Bertz CT molecular complexity index is 879. The number of allylic oxidation sites excluding steroid dienone is 3. The normalized spacial score (nSPS) is 15.9. The van der Waals surface area contributed by atoms with Gasteiger partial charge in [0.05, 0.1) is 9.85 Å². The Morgan fingerprint density at radius 2 is 1.64 bits per heavy atom. The predicted molar refractivity (Wildman–Crippen MR) is 76.7 cm³/mol. The zero-order chi connectivity index (χ0) is 16.2. The first-order chi connectivity index (χ1) is 10.3. The highest BCUT2D eigenvalue weighted by atomic mass is 16.6. The fraction of sp³-hybridized carbons (Fsp3) is 0. The zero-order valence-electron chi connectivity index (χ0n) is 10.9. The smallest absolute Gasteiger partial charge is 0.296 e. The van der Waals surface area contributed by atoms with E-state index in [1.54, 1.807) is 0 Å². The first kappa shape index (κ1) is 13.5. The molecule has 2 aliphatic rings. The molecule has 0 atom stereocenters. The Morgan fingerprint density at radius 3 is 2.23 bits per heavy atom. The van der Waals surface area contributed by atoms with Crippen molar-refractivity contribution in [3.63, 3.8) is 0 Å². The second kappa shape index (κ2) is 4.25. The molecule has 1 aromatic rings. The van der Waals surface area contributed by atoms with Gasteiger partial charge in [-0.25, -0.2) is 0 Å². The number of nitro benzene ring substituents is 1. The van der Waals surface area contributed by atoms with Crippen LogP contribution in [-0.4, -0.2) is 15.6 Å². The summed E-state index contributed by atoms with van der Waals surface area (Å²) in [7, 11) is 0. The van der Waals surface area contributed by atoms with Crippen molar-refractivity contribution in [3.8, 4) is 0 Å². The van der Waals surface area contributed by atoms with E-state index in [1.807, 2.05) is 0 Å². The lowest BCUT2D eigenvalue weighted by Gasteiger charge is -2.12. The zero-order valence-corrected chi connectivity index (χ0v) is 10.9. The predicted octanol–water partition coefficient (Wildman–Crippen LogP) is 0.987. The van der Waals surface area contributed by atoms with Crippen LogP contribution in [0.3, 0.4) is 0 Å². The van der Waals surface area contributed by atoms with Gasteiger partial charge in [-0.05, 0) is 23.3 Å². The maximum atomic E-state index is 12.1. The number of hydrogen-bond donors (Lipinski definition) is 2. The maximum absolute atomic E-state index is 12.1. The quantitative estimate of drug-likeness (QED) is 0.468. The summed E-state index contributed by atoms with van der Waals surface area (Å²) in [5.41, 5.74) is 11.0. The number of carbonyl (C=O) groups excluding carboxylic acids is 1. The summed E-state index contributed by atoms with van der Waals surface area (Å²) in [4.78, 5) is 32.6. The van der Waals surface area contributed by atoms with E-state index in [4.69, 9.17) is 11.5 Å². The number of carbonyl (C=O) groups is 1. The number of hydrogen-bond acceptors (Lipinski definition) is 7. The summed E-state index contributed by atoms with van der Waals surface area (Å²) in [6, 6.07) is 2.56. The SMILES string of the molecule is NC1=C([N+](=O)[O-])C=C2C(=Cc3cc(N)c([N+](=O)[O-])cc32)C1=O. The highest BCUT2D eigenvalue weighted by Crippen LogP contribution is 2.43. The second-order valence-electron chi connectivity index (χ2n) is 4.76. The standard InChI is InChI=1S/C13H8N4O5/c14-9-2-5-1-8-7(6(5)3-10(9)16(19)20)4-11(17(21)22)12(15)13(8)18/h1-4H,14-15H2. The molecule has 0 bridgehead atoms. The lowest BCUT2D eigenvalue weighted by molar-refractivity contribution is -0.420. The number of nitro groups is 2. The highest BCUT2D eigenvalue weighted by Gasteiger charge is 2.36. The van der Waals surface area contributed by atoms with Crippen LogP contribution >= 0.6 is 0 Å². The van der Waals surface area contributed by atoms with Gasteiger partial charge in [0.1, 0.15) is 5.69 Å². The number of rotatable bonds is 2. The molecule has 0 heterocycles. The molecule has 9 nitrogen and oxygen atoms in total. The van der Waals surface area contributed by atoms with Crippen LogP contribution in [0.25, 0.3) is 11.6 Å². The average molecular weight is 300 g/mol. The summed E-state index contributed by atoms with van der Waals surface area (Å²) in [5, 5.41) is 21.9. The third-order valence-corrected chi connectivity index (χ3v) is 3.52. The third kappa shape index (κ3) is 1.69. The van der Waals surface area contributed by atoms with Crippen LogP contribution < -0.4 is 11.5 Å². The van der Waals surface area contributed by atoms with Gasteiger partial charge in [-0.15, -0.1) is 0 Å². The van der Waals surface area contributed by atoms with E-state index in [0.29, 0.717) is 11.1 Å². The molecule has 3 rings (SSSR count). The lowest BCUT2D eigenvalue weighted by atomic mass is 9.92. The molecule has 0 saturated heterocycles. The minimum Gasteiger partial charge on any atom is -0.393 e. The number of nitrogen functional groups attached to an aromatic ring is 1. The number of Topliss-reactive ketones (excluding diaryl/α,β-unsaturated/α-hetero) is 1. The van der Waals surface area contributed by atoms with E-state index in [9.17, 15) is 25.0 Å². The van der Waals surface area contributed by atoms with Crippen molar-refractivity contribution < 1.29 is 14.6 Å². The van der Waals surface area contributed by atoms with Crippen molar-refractivity contribution in [2.75, 3.05) is 5.73 Å². The molecule has 22 heavy (non-hydrogen) atoms. The molecule has 1 aromatic carbocycles. The van der Waals surface area contributed by atoms with Crippen LogP contribution in [0.1, 0.15) is 11.1 Å². The number of anilines is 1. The van der Waals surface area contributed by atoms with Crippen molar-refractivity contribution in [1.29, 1.82) is 0 Å². The molecule has 0 spiro atoms. The number of nitrogens with two attached hydrogens (primary N) is 2. The number of benzene rings is 1. The molecular weight excluding hydrogens is 292 g/mol. The number of nitrogens with zero attached hydrogens (tertiary/aromatic N) is 2. The minimum absolute atomic E-state index is 0.0530. The van der Waals surface area contributed by atoms with Gasteiger partial charge >= 0.3 is 0 Å². The van der Waals surface area contributed by atoms with E-state index in [-0.39, 0.29) is 22.5 Å². The lowest BCUT2D eigenvalue weighted by Crippen LogP contribution is -2.22. The molecular formula is C13H8N4O5.